The van der Waals surface area contributed by atoms with Crippen LogP contribution in [0.5, 0.6) is 5.75 Å². The zero-order valence-corrected chi connectivity index (χ0v) is 13.2. The smallest absolute Gasteiger partial charge is 0.116 e. The van der Waals surface area contributed by atoms with Gasteiger partial charge in [-0.3, -0.25) is 4.90 Å². The molecule has 5 atom stereocenters. The standard InChI is InChI=1S/C19H24N2O/c1-2-12-7-11-8-16-18-14(5-6-21(10-11)19(12)16)15-9-13(22)3-4-17(15)20-18/h3-4,9,11-12,16,19-20,22H,2,5-8,10H2,1H3/t11-,12+,16?,19?/m0/s1. The maximum absolute atomic E-state index is 9.87. The number of phenols is 1. The van der Waals surface area contributed by atoms with Crippen molar-refractivity contribution in [2.24, 2.45) is 11.8 Å². The van der Waals surface area contributed by atoms with Crippen molar-refractivity contribution >= 4 is 10.9 Å². The Labute approximate surface area is 131 Å². The molecule has 2 aromatic rings. The number of aromatic hydroxyl groups is 1. The van der Waals surface area contributed by atoms with Crippen LogP contribution in [0, 0.1) is 11.8 Å². The van der Waals surface area contributed by atoms with E-state index in [0.29, 0.717) is 11.7 Å². The van der Waals surface area contributed by atoms with Crippen LogP contribution in [0.1, 0.15) is 43.4 Å². The van der Waals surface area contributed by atoms with Gasteiger partial charge in [-0.2, -0.15) is 0 Å². The van der Waals surface area contributed by atoms with Gasteiger partial charge in [0.25, 0.3) is 0 Å². The highest BCUT2D eigenvalue weighted by atomic mass is 16.3. The molecule has 1 aromatic carbocycles. The van der Waals surface area contributed by atoms with Crippen LogP contribution >= 0.6 is 0 Å². The molecule has 4 bridgehead atoms. The molecule has 1 aromatic heterocycles. The minimum Gasteiger partial charge on any atom is -0.508 e. The van der Waals surface area contributed by atoms with Crippen molar-refractivity contribution in [2.45, 2.75) is 44.6 Å². The molecule has 116 valence electrons. The van der Waals surface area contributed by atoms with Crippen molar-refractivity contribution in [3.63, 3.8) is 0 Å². The fraction of sp³-hybridized carbons (Fsp3) is 0.579. The summed E-state index contributed by atoms with van der Waals surface area (Å²) >= 11 is 0. The summed E-state index contributed by atoms with van der Waals surface area (Å²) in [6.07, 6.45) is 5.22. The van der Waals surface area contributed by atoms with Crippen LogP contribution in [0.15, 0.2) is 18.2 Å². The highest BCUT2D eigenvalue weighted by molar-refractivity contribution is 5.86. The second-order valence-electron chi connectivity index (χ2n) is 7.59. The molecule has 3 aliphatic heterocycles. The van der Waals surface area contributed by atoms with Gasteiger partial charge in [0.05, 0.1) is 0 Å². The molecule has 4 heterocycles. The summed E-state index contributed by atoms with van der Waals surface area (Å²) in [5.41, 5.74) is 4.16. The average Bonchev–Trinajstić information content (AvgIpc) is 2.85. The lowest BCUT2D eigenvalue weighted by Gasteiger charge is -2.53. The lowest BCUT2D eigenvalue weighted by Crippen LogP contribution is -2.56. The van der Waals surface area contributed by atoms with Gasteiger partial charge in [0.2, 0.25) is 0 Å². The fourth-order valence-corrected chi connectivity index (χ4v) is 5.68. The van der Waals surface area contributed by atoms with E-state index in [2.05, 4.69) is 16.8 Å². The van der Waals surface area contributed by atoms with E-state index < -0.39 is 0 Å². The Hall–Kier alpha value is -1.48. The molecule has 2 saturated heterocycles. The van der Waals surface area contributed by atoms with E-state index in [1.807, 2.05) is 12.1 Å². The van der Waals surface area contributed by atoms with Gasteiger partial charge in [0.15, 0.2) is 0 Å². The maximum Gasteiger partial charge on any atom is 0.116 e. The molecule has 3 fully saturated rings. The molecule has 3 heteroatoms. The zero-order valence-electron chi connectivity index (χ0n) is 13.2. The van der Waals surface area contributed by atoms with Crippen molar-refractivity contribution in [1.29, 1.82) is 0 Å². The third-order valence-electron chi connectivity index (χ3n) is 6.50. The SMILES string of the molecule is CC[C@@H]1C[C@H]2CC3c4[nH]c5ccc(O)cc5c4CCN(C2)C31. The minimum absolute atomic E-state index is 0.384. The summed E-state index contributed by atoms with van der Waals surface area (Å²) in [5, 5.41) is 11.1. The summed E-state index contributed by atoms with van der Waals surface area (Å²) in [4.78, 5) is 6.51. The first-order valence-corrected chi connectivity index (χ1v) is 8.82. The van der Waals surface area contributed by atoms with Crippen LogP contribution in [0.25, 0.3) is 10.9 Å². The molecule has 3 nitrogen and oxygen atoms in total. The number of rotatable bonds is 1. The van der Waals surface area contributed by atoms with Crippen molar-refractivity contribution in [1.82, 2.24) is 9.88 Å². The average molecular weight is 296 g/mol. The second kappa shape index (κ2) is 4.51. The van der Waals surface area contributed by atoms with Crippen LogP contribution in [-0.4, -0.2) is 34.1 Å². The minimum atomic E-state index is 0.384. The fourth-order valence-electron chi connectivity index (χ4n) is 5.68. The van der Waals surface area contributed by atoms with Crippen LogP contribution in [0.2, 0.25) is 0 Å². The molecule has 1 saturated carbocycles. The van der Waals surface area contributed by atoms with Crippen LogP contribution in [0.4, 0.5) is 0 Å². The molecular weight excluding hydrogens is 272 g/mol. The number of aromatic nitrogens is 1. The Morgan fingerprint density at radius 2 is 2.23 bits per heavy atom. The molecule has 0 spiro atoms. The van der Waals surface area contributed by atoms with Crippen molar-refractivity contribution in [3.05, 3.63) is 29.5 Å². The Morgan fingerprint density at radius 3 is 3.09 bits per heavy atom. The van der Waals surface area contributed by atoms with Gasteiger partial charge in [-0.15, -0.1) is 0 Å². The number of nitrogens with zero attached hydrogens (tertiary/aromatic N) is 1. The van der Waals surface area contributed by atoms with Crippen LogP contribution < -0.4 is 0 Å². The van der Waals surface area contributed by atoms with Crippen molar-refractivity contribution < 1.29 is 5.11 Å². The van der Waals surface area contributed by atoms with Gasteiger partial charge in [-0.1, -0.05) is 13.3 Å². The number of hydrogen-bond donors (Lipinski definition) is 2. The Morgan fingerprint density at radius 1 is 1.32 bits per heavy atom. The monoisotopic (exact) mass is 296 g/mol. The maximum atomic E-state index is 9.87. The molecule has 6 rings (SSSR count). The van der Waals surface area contributed by atoms with Crippen LogP contribution in [0.3, 0.4) is 0 Å². The van der Waals surface area contributed by atoms with E-state index in [1.165, 1.54) is 54.5 Å². The van der Waals surface area contributed by atoms with E-state index in [0.717, 1.165) is 24.3 Å². The second-order valence-corrected chi connectivity index (χ2v) is 7.59. The molecule has 4 aliphatic rings. The molecule has 3 unspecified atom stereocenters. The number of H-pyrrole nitrogens is 1. The summed E-state index contributed by atoms with van der Waals surface area (Å²) < 4.78 is 0. The number of benzene rings is 1. The normalized spacial score (nSPS) is 36.3. The quantitative estimate of drug-likeness (QED) is 0.843. The Bertz CT molecular complexity index is 734. The summed E-state index contributed by atoms with van der Waals surface area (Å²) in [5.74, 6) is 2.80. The predicted molar refractivity (Wildman–Crippen MR) is 88.3 cm³/mol. The molecule has 22 heavy (non-hydrogen) atoms. The topological polar surface area (TPSA) is 39.3 Å². The number of nitrogens with one attached hydrogen (secondary N) is 1. The van der Waals surface area contributed by atoms with Gasteiger partial charge < -0.3 is 10.1 Å². The number of hydrogen-bond acceptors (Lipinski definition) is 2. The lowest BCUT2D eigenvalue weighted by atomic mass is 9.65. The van der Waals surface area contributed by atoms with E-state index in [1.54, 1.807) is 6.07 Å². The lowest BCUT2D eigenvalue weighted by molar-refractivity contribution is -0.0134. The van der Waals surface area contributed by atoms with Gasteiger partial charge in [0.1, 0.15) is 5.75 Å². The summed E-state index contributed by atoms with van der Waals surface area (Å²) in [6, 6.07) is 6.52. The molecule has 1 aliphatic carbocycles. The third-order valence-corrected chi connectivity index (χ3v) is 6.50. The largest absolute Gasteiger partial charge is 0.508 e. The van der Waals surface area contributed by atoms with Gasteiger partial charge >= 0.3 is 0 Å². The predicted octanol–water partition coefficient (Wildman–Crippen LogP) is 3.63. The van der Waals surface area contributed by atoms with Crippen molar-refractivity contribution in [2.75, 3.05) is 13.1 Å². The first-order chi connectivity index (χ1) is 10.7. The number of piperidine rings is 2. The van der Waals surface area contributed by atoms with Crippen molar-refractivity contribution in [3.8, 4) is 5.75 Å². The number of phenolic OH excluding ortho intramolecular Hbond substituents is 1. The van der Waals surface area contributed by atoms with E-state index in [-0.39, 0.29) is 0 Å². The van der Waals surface area contributed by atoms with E-state index in [9.17, 15) is 5.11 Å². The zero-order chi connectivity index (χ0) is 14.8. The highest BCUT2D eigenvalue weighted by Gasteiger charge is 2.48. The summed E-state index contributed by atoms with van der Waals surface area (Å²) in [7, 11) is 0. The molecule has 0 amide bonds. The highest BCUT2D eigenvalue weighted by Crippen LogP contribution is 2.51. The van der Waals surface area contributed by atoms with E-state index in [4.69, 9.17) is 0 Å². The molecular formula is C19H24N2O. The van der Waals surface area contributed by atoms with Gasteiger partial charge in [-0.05, 0) is 54.9 Å². The third kappa shape index (κ3) is 1.66. The van der Waals surface area contributed by atoms with Gasteiger partial charge in [0, 0.05) is 41.6 Å². The molecule has 2 N–H and O–H groups in total. The van der Waals surface area contributed by atoms with Crippen LogP contribution in [-0.2, 0) is 6.42 Å². The summed E-state index contributed by atoms with van der Waals surface area (Å²) in [6.45, 7) is 4.86. The number of aromatic amines is 1. The Kier molecular flexibility index (Phi) is 2.67. The Balaban J connectivity index is 1.69. The first kappa shape index (κ1) is 13.0. The number of fused-ring (bicyclic) bond motifs is 4. The molecule has 0 radical (unpaired) electrons. The first-order valence-electron chi connectivity index (χ1n) is 8.82. The van der Waals surface area contributed by atoms with Gasteiger partial charge in [-0.25, -0.2) is 0 Å². The van der Waals surface area contributed by atoms with E-state index >= 15 is 0 Å².